The number of nitrogens with one attached hydrogen (secondary N) is 1. The van der Waals surface area contributed by atoms with E-state index in [-0.39, 0.29) is 0 Å². The van der Waals surface area contributed by atoms with Gasteiger partial charge in [-0.25, -0.2) is 0 Å². The molecule has 0 atom stereocenters. The second kappa shape index (κ2) is 13.6. The highest BCUT2D eigenvalue weighted by Gasteiger charge is 1.84. The highest BCUT2D eigenvalue weighted by atomic mass is 14.9. The molecule has 0 aromatic heterocycles. The molecule has 2 heteroatoms. The van der Waals surface area contributed by atoms with Crippen LogP contribution in [0.3, 0.4) is 0 Å². The predicted octanol–water partition coefficient (Wildman–Crippen LogP) is 4.68. The van der Waals surface area contributed by atoms with E-state index in [2.05, 4.69) is 24.4 Å². The van der Waals surface area contributed by atoms with Crippen LogP contribution in [0.4, 0.5) is 5.69 Å². The highest BCUT2D eigenvalue weighted by molar-refractivity contribution is 5.42. The fraction of sp³-hybridized carbons (Fsp3) is 0.333. The molecule has 0 saturated carbocycles. The zero-order chi connectivity index (χ0) is 15.1. The molecular formula is C18H28N2. The third-order valence-electron chi connectivity index (χ3n) is 2.43. The Labute approximate surface area is 124 Å². The molecule has 2 nitrogen and oxygen atoms in total. The Morgan fingerprint density at radius 3 is 1.75 bits per heavy atom. The van der Waals surface area contributed by atoms with Crippen LogP contribution in [0.5, 0.6) is 0 Å². The Bertz CT molecular complexity index is 398. The van der Waals surface area contributed by atoms with Crippen LogP contribution < -0.4 is 11.1 Å². The zero-order valence-corrected chi connectivity index (χ0v) is 13.0. The summed E-state index contributed by atoms with van der Waals surface area (Å²) < 4.78 is 0. The van der Waals surface area contributed by atoms with Gasteiger partial charge < -0.3 is 11.1 Å². The number of para-hydroxylation sites is 1. The third-order valence-corrected chi connectivity index (χ3v) is 2.43. The maximum absolute atomic E-state index is 5.35. The summed E-state index contributed by atoms with van der Waals surface area (Å²) in [7, 11) is 0. The average Bonchev–Trinajstić information content (AvgIpc) is 2.57. The van der Waals surface area contributed by atoms with E-state index in [1.807, 2.05) is 62.4 Å². The van der Waals surface area contributed by atoms with Crippen molar-refractivity contribution in [3.8, 4) is 0 Å². The monoisotopic (exact) mass is 272 g/mol. The summed E-state index contributed by atoms with van der Waals surface area (Å²) in [4.78, 5) is 0. The standard InChI is InChI=1S/C9H13N.C7H9N.C2H6/c1-2-8-10-9-6-4-3-5-7-9;8-6-7-4-2-1-3-5-7;1-2/h3-7,10H,2,8H2,1H3;1-5H,6,8H2;1-2H3. The lowest BCUT2D eigenvalue weighted by Gasteiger charge is -2.01. The molecule has 0 aliphatic carbocycles. The van der Waals surface area contributed by atoms with E-state index in [4.69, 9.17) is 5.73 Å². The topological polar surface area (TPSA) is 38.0 Å². The number of nitrogens with two attached hydrogens (primary N) is 1. The molecule has 0 aliphatic rings. The molecule has 0 fully saturated rings. The van der Waals surface area contributed by atoms with Gasteiger partial charge in [-0.3, -0.25) is 0 Å². The Morgan fingerprint density at radius 1 is 0.850 bits per heavy atom. The quantitative estimate of drug-likeness (QED) is 0.848. The van der Waals surface area contributed by atoms with Crippen molar-refractivity contribution in [3.63, 3.8) is 0 Å². The molecule has 110 valence electrons. The minimum absolute atomic E-state index is 0.640. The molecule has 0 unspecified atom stereocenters. The van der Waals surface area contributed by atoms with Crippen LogP contribution in [-0.2, 0) is 6.54 Å². The molecule has 20 heavy (non-hydrogen) atoms. The maximum Gasteiger partial charge on any atom is 0.0340 e. The Morgan fingerprint density at radius 2 is 1.35 bits per heavy atom. The van der Waals surface area contributed by atoms with E-state index in [1.54, 1.807) is 0 Å². The number of benzene rings is 2. The summed E-state index contributed by atoms with van der Waals surface area (Å²) in [5.74, 6) is 0. The molecule has 2 rings (SSSR count). The van der Waals surface area contributed by atoms with Gasteiger partial charge in [0.05, 0.1) is 0 Å². The van der Waals surface area contributed by atoms with E-state index in [1.165, 1.54) is 17.7 Å². The molecule has 3 N–H and O–H groups in total. The van der Waals surface area contributed by atoms with Crippen LogP contribution in [-0.4, -0.2) is 6.54 Å². The molecule has 0 bridgehead atoms. The van der Waals surface area contributed by atoms with E-state index < -0.39 is 0 Å². The first-order valence-electron chi connectivity index (χ1n) is 7.39. The molecular weight excluding hydrogens is 244 g/mol. The predicted molar refractivity (Wildman–Crippen MR) is 90.9 cm³/mol. The van der Waals surface area contributed by atoms with Crippen LogP contribution in [0, 0.1) is 0 Å². The SMILES string of the molecule is CC.CCCNc1ccccc1.NCc1ccccc1. The van der Waals surface area contributed by atoms with E-state index in [0.29, 0.717) is 6.54 Å². The fourth-order valence-corrected chi connectivity index (χ4v) is 1.44. The number of rotatable bonds is 4. The van der Waals surface area contributed by atoms with Crippen molar-refractivity contribution in [2.75, 3.05) is 11.9 Å². The van der Waals surface area contributed by atoms with Gasteiger partial charge >= 0.3 is 0 Å². The molecule has 0 amide bonds. The molecule has 0 aliphatic heterocycles. The van der Waals surface area contributed by atoms with Gasteiger partial charge in [-0.05, 0) is 24.1 Å². The third kappa shape index (κ3) is 9.17. The second-order valence-electron chi connectivity index (χ2n) is 3.98. The first kappa shape index (κ1) is 18.2. The minimum atomic E-state index is 0.640. The normalized spacial score (nSPS) is 8.60. The second-order valence-corrected chi connectivity index (χ2v) is 3.98. The van der Waals surface area contributed by atoms with Crippen molar-refractivity contribution in [2.45, 2.75) is 33.7 Å². The lowest BCUT2D eigenvalue weighted by atomic mass is 10.2. The van der Waals surface area contributed by atoms with Crippen molar-refractivity contribution in [1.29, 1.82) is 0 Å². The first-order chi connectivity index (χ1) is 9.86. The molecule has 0 spiro atoms. The summed E-state index contributed by atoms with van der Waals surface area (Å²) in [6.07, 6.45) is 1.18. The summed E-state index contributed by atoms with van der Waals surface area (Å²) in [5.41, 5.74) is 7.75. The molecule has 2 aromatic rings. The Kier molecular flexibility index (Phi) is 12.4. The van der Waals surface area contributed by atoms with E-state index >= 15 is 0 Å². The molecule has 0 heterocycles. The zero-order valence-electron chi connectivity index (χ0n) is 13.0. The van der Waals surface area contributed by atoms with Crippen molar-refractivity contribution in [3.05, 3.63) is 66.2 Å². The van der Waals surface area contributed by atoms with Gasteiger partial charge in [-0.15, -0.1) is 0 Å². The summed E-state index contributed by atoms with van der Waals surface area (Å²) >= 11 is 0. The van der Waals surface area contributed by atoms with Crippen LogP contribution in [0.25, 0.3) is 0 Å². The van der Waals surface area contributed by atoms with Gasteiger partial charge in [-0.2, -0.15) is 0 Å². The van der Waals surface area contributed by atoms with Gasteiger partial charge in [0.25, 0.3) is 0 Å². The van der Waals surface area contributed by atoms with Gasteiger partial charge in [0.15, 0.2) is 0 Å². The lowest BCUT2D eigenvalue weighted by molar-refractivity contribution is 0.980. The van der Waals surface area contributed by atoms with Crippen molar-refractivity contribution < 1.29 is 0 Å². The Hall–Kier alpha value is -1.80. The van der Waals surface area contributed by atoms with Crippen molar-refractivity contribution >= 4 is 5.69 Å². The number of hydrogen-bond acceptors (Lipinski definition) is 2. The summed E-state index contributed by atoms with van der Waals surface area (Å²) in [6.45, 7) is 7.86. The van der Waals surface area contributed by atoms with Crippen LogP contribution in [0.15, 0.2) is 60.7 Å². The maximum atomic E-state index is 5.35. The van der Waals surface area contributed by atoms with E-state index in [0.717, 1.165) is 6.54 Å². The number of hydrogen-bond donors (Lipinski definition) is 2. The van der Waals surface area contributed by atoms with Gasteiger partial charge in [0, 0.05) is 18.8 Å². The van der Waals surface area contributed by atoms with Crippen molar-refractivity contribution in [2.24, 2.45) is 5.73 Å². The molecule has 0 saturated heterocycles. The van der Waals surface area contributed by atoms with E-state index in [9.17, 15) is 0 Å². The van der Waals surface area contributed by atoms with Crippen LogP contribution in [0.1, 0.15) is 32.8 Å². The molecule has 2 aromatic carbocycles. The van der Waals surface area contributed by atoms with Gasteiger partial charge in [0.2, 0.25) is 0 Å². The first-order valence-corrected chi connectivity index (χ1v) is 7.39. The van der Waals surface area contributed by atoms with Gasteiger partial charge in [0.1, 0.15) is 0 Å². The lowest BCUT2D eigenvalue weighted by Crippen LogP contribution is -1.98. The van der Waals surface area contributed by atoms with Crippen LogP contribution >= 0.6 is 0 Å². The van der Waals surface area contributed by atoms with Crippen molar-refractivity contribution in [1.82, 2.24) is 0 Å². The minimum Gasteiger partial charge on any atom is -0.385 e. The molecule has 0 radical (unpaired) electrons. The Balaban J connectivity index is 0.000000327. The smallest absolute Gasteiger partial charge is 0.0340 e. The highest BCUT2D eigenvalue weighted by Crippen LogP contribution is 2.03. The number of anilines is 1. The van der Waals surface area contributed by atoms with Gasteiger partial charge in [-0.1, -0.05) is 69.3 Å². The fourth-order valence-electron chi connectivity index (χ4n) is 1.44. The average molecular weight is 272 g/mol. The largest absolute Gasteiger partial charge is 0.385 e. The summed E-state index contributed by atoms with van der Waals surface area (Å²) in [6, 6.07) is 20.3. The summed E-state index contributed by atoms with van der Waals surface area (Å²) in [5, 5.41) is 3.29. The van der Waals surface area contributed by atoms with Crippen LogP contribution in [0.2, 0.25) is 0 Å².